The van der Waals surface area contributed by atoms with Crippen molar-refractivity contribution in [2.45, 2.75) is 33.4 Å². The Balaban J connectivity index is 2.18. The van der Waals surface area contributed by atoms with Gasteiger partial charge in [-0.05, 0) is 36.8 Å². The zero-order valence-corrected chi connectivity index (χ0v) is 13.0. The zero-order valence-electron chi connectivity index (χ0n) is 12.3. The second-order valence-electron chi connectivity index (χ2n) is 5.13. The Morgan fingerprint density at radius 3 is 2.71 bits per heavy atom. The number of nitrogens with zero attached hydrogens (tertiary/aromatic N) is 1. The predicted octanol–water partition coefficient (Wildman–Crippen LogP) is 4.47. The average Bonchev–Trinajstić information content (AvgIpc) is 2.42. The Hall–Kier alpha value is -1.65. The second kappa shape index (κ2) is 6.87. The van der Waals surface area contributed by atoms with Crippen LogP contribution in [-0.4, -0.2) is 11.0 Å². The summed E-state index contributed by atoms with van der Waals surface area (Å²) >= 11 is 6.13. The Morgan fingerprint density at radius 1 is 1.29 bits per heavy atom. The van der Waals surface area contributed by atoms with E-state index in [2.05, 4.69) is 24.1 Å². The molecule has 0 amide bonds. The van der Waals surface area contributed by atoms with Crippen LogP contribution < -0.4 is 10.1 Å². The summed E-state index contributed by atoms with van der Waals surface area (Å²) in [6.45, 7) is 6.46. The van der Waals surface area contributed by atoms with Crippen molar-refractivity contribution in [3.8, 4) is 11.6 Å². The highest BCUT2D eigenvalue weighted by Gasteiger charge is 2.08. The molecule has 21 heavy (non-hydrogen) atoms. The topological polar surface area (TPSA) is 34.1 Å². The van der Waals surface area contributed by atoms with E-state index in [1.807, 2.05) is 0 Å². The maximum atomic E-state index is 13.1. The second-order valence-corrected chi connectivity index (χ2v) is 5.53. The highest BCUT2D eigenvalue weighted by Crippen LogP contribution is 2.26. The van der Waals surface area contributed by atoms with Crippen LogP contribution in [0.1, 0.15) is 25.1 Å². The number of halogens is 2. The van der Waals surface area contributed by atoms with E-state index < -0.39 is 0 Å². The molecule has 0 unspecified atom stereocenters. The third-order valence-corrected chi connectivity index (χ3v) is 3.27. The van der Waals surface area contributed by atoms with Crippen molar-refractivity contribution in [2.75, 3.05) is 0 Å². The molecule has 0 saturated heterocycles. The monoisotopic (exact) mass is 308 g/mol. The molecule has 0 radical (unpaired) electrons. The molecule has 0 spiro atoms. The van der Waals surface area contributed by atoms with Crippen LogP contribution in [0.3, 0.4) is 0 Å². The lowest BCUT2D eigenvalue weighted by Gasteiger charge is -2.12. The third kappa shape index (κ3) is 4.41. The molecule has 5 heteroatoms. The summed E-state index contributed by atoms with van der Waals surface area (Å²) < 4.78 is 18.8. The van der Waals surface area contributed by atoms with Gasteiger partial charge in [-0.3, -0.25) is 0 Å². The number of aromatic nitrogens is 1. The molecular formula is C16H18ClFN2O. The smallest absolute Gasteiger partial charge is 0.219 e. The van der Waals surface area contributed by atoms with Gasteiger partial charge in [-0.25, -0.2) is 9.37 Å². The Labute approximate surface area is 129 Å². The Morgan fingerprint density at radius 2 is 2.05 bits per heavy atom. The van der Waals surface area contributed by atoms with E-state index in [0.29, 0.717) is 34.8 Å². The molecule has 0 atom stereocenters. The van der Waals surface area contributed by atoms with Crippen molar-refractivity contribution in [1.82, 2.24) is 10.3 Å². The van der Waals surface area contributed by atoms with Crippen LogP contribution in [0.2, 0.25) is 5.02 Å². The summed E-state index contributed by atoms with van der Waals surface area (Å²) in [5.41, 5.74) is 1.44. The van der Waals surface area contributed by atoms with Gasteiger partial charge < -0.3 is 10.1 Å². The maximum Gasteiger partial charge on any atom is 0.219 e. The highest BCUT2D eigenvalue weighted by molar-refractivity contribution is 6.31. The van der Waals surface area contributed by atoms with Gasteiger partial charge in [-0.1, -0.05) is 25.4 Å². The van der Waals surface area contributed by atoms with E-state index in [1.54, 1.807) is 25.1 Å². The van der Waals surface area contributed by atoms with Crippen LogP contribution in [0.5, 0.6) is 11.6 Å². The summed E-state index contributed by atoms with van der Waals surface area (Å²) in [6.07, 6.45) is 0. The van der Waals surface area contributed by atoms with Crippen LogP contribution in [0.15, 0.2) is 30.3 Å². The van der Waals surface area contributed by atoms with Crippen molar-refractivity contribution in [3.05, 3.63) is 52.4 Å². The highest BCUT2D eigenvalue weighted by atomic mass is 35.5. The van der Waals surface area contributed by atoms with Crippen LogP contribution >= 0.6 is 11.6 Å². The number of hydrogen-bond donors (Lipinski definition) is 1. The van der Waals surface area contributed by atoms with E-state index in [4.69, 9.17) is 16.3 Å². The van der Waals surface area contributed by atoms with Gasteiger partial charge >= 0.3 is 0 Å². The lowest BCUT2D eigenvalue weighted by atomic mass is 10.2. The van der Waals surface area contributed by atoms with Crippen LogP contribution in [0.25, 0.3) is 0 Å². The lowest BCUT2D eigenvalue weighted by Crippen LogP contribution is -2.22. The first-order valence-electron chi connectivity index (χ1n) is 6.78. The van der Waals surface area contributed by atoms with Gasteiger partial charge in [0.05, 0.1) is 10.7 Å². The minimum Gasteiger partial charge on any atom is -0.439 e. The van der Waals surface area contributed by atoms with Gasteiger partial charge in [0.25, 0.3) is 0 Å². The summed E-state index contributed by atoms with van der Waals surface area (Å²) in [4.78, 5) is 4.39. The fourth-order valence-electron chi connectivity index (χ4n) is 1.79. The molecule has 2 aromatic rings. The number of benzene rings is 1. The van der Waals surface area contributed by atoms with E-state index in [0.717, 1.165) is 5.69 Å². The van der Waals surface area contributed by atoms with Gasteiger partial charge in [-0.2, -0.15) is 0 Å². The quantitative estimate of drug-likeness (QED) is 0.884. The van der Waals surface area contributed by atoms with Gasteiger partial charge in [0.15, 0.2) is 0 Å². The number of ether oxygens (including phenoxy) is 1. The fraction of sp³-hybridized carbons (Fsp3) is 0.312. The van der Waals surface area contributed by atoms with Crippen molar-refractivity contribution in [1.29, 1.82) is 0 Å². The van der Waals surface area contributed by atoms with Crippen molar-refractivity contribution in [3.63, 3.8) is 0 Å². The van der Waals surface area contributed by atoms with E-state index >= 15 is 0 Å². The van der Waals surface area contributed by atoms with Gasteiger partial charge in [-0.15, -0.1) is 0 Å². The summed E-state index contributed by atoms with van der Waals surface area (Å²) in [6, 6.07) is 8.16. The molecule has 0 aliphatic carbocycles. The number of pyridine rings is 1. The zero-order chi connectivity index (χ0) is 15.4. The SMILES string of the molecule is Cc1cc(F)ccc1Oc1ccc(Cl)c(CNC(C)C)n1. The molecule has 0 bridgehead atoms. The minimum atomic E-state index is -0.286. The molecule has 112 valence electrons. The first kappa shape index (κ1) is 15.7. The first-order valence-corrected chi connectivity index (χ1v) is 7.16. The van der Waals surface area contributed by atoms with Crippen LogP contribution in [0, 0.1) is 12.7 Å². The number of nitrogens with one attached hydrogen (secondary N) is 1. The van der Waals surface area contributed by atoms with Gasteiger partial charge in [0.2, 0.25) is 5.88 Å². The molecule has 1 aromatic carbocycles. The van der Waals surface area contributed by atoms with E-state index in [1.165, 1.54) is 12.1 Å². The number of rotatable bonds is 5. The Kier molecular flexibility index (Phi) is 5.15. The van der Waals surface area contributed by atoms with Gasteiger partial charge in [0.1, 0.15) is 11.6 Å². The molecular weight excluding hydrogens is 291 g/mol. The minimum absolute atomic E-state index is 0.286. The standard InChI is InChI=1S/C16H18ClFN2O/c1-10(2)19-9-14-13(17)5-7-16(20-14)21-15-6-4-12(18)8-11(15)3/h4-8,10,19H,9H2,1-3H3. The number of aryl methyl sites for hydroxylation is 1. The summed E-state index contributed by atoms with van der Waals surface area (Å²) in [7, 11) is 0. The molecule has 3 nitrogen and oxygen atoms in total. The summed E-state index contributed by atoms with van der Waals surface area (Å²) in [5.74, 6) is 0.731. The molecule has 0 aliphatic heterocycles. The maximum absolute atomic E-state index is 13.1. The molecule has 2 rings (SSSR count). The summed E-state index contributed by atoms with van der Waals surface area (Å²) in [5, 5.41) is 3.85. The Bertz CT molecular complexity index is 632. The fourth-order valence-corrected chi connectivity index (χ4v) is 1.96. The lowest BCUT2D eigenvalue weighted by molar-refractivity contribution is 0.453. The molecule has 0 aliphatic rings. The van der Waals surface area contributed by atoms with Crippen LogP contribution in [0.4, 0.5) is 4.39 Å². The van der Waals surface area contributed by atoms with Crippen molar-refractivity contribution in [2.24, 2.45) is 0 Å². The predicted molar refractivity (Wildman–Crippen MR) is 82.4 cm³/mol. The van der Waals surface area contributed by atoms with Gasteiger partial charge in [0, 0.05) is 18.7 Å². The molecule has 0 saturated carbocycles. The van der Waals surface area contributed by atoms with Crippen molar-refractivity contribution >= 4 is 11.6 Å². The third-order valence-electron chi connectivity index (χ3n) is 2.92. The average molecular weight is 309 g/mol. The van der Waals surface area contributed by atoms with E-state index in [9.17, 15) is 4.39 Å². The molecule has 1 N–H and O–H groups in total. The molecule has 0 fully saturated rings. The molecule has 1 heterocycles. The molecule has 1 aromatic heterocycles. The van der Waals surface area contributed by atoms with E-state index in [-0.39, 0.29) is 5.82 Å². The van der Waals surface area contributed by atoms with Crippen LogP contribution in [-0.2, 0) is 6.54 Å². The first-order chi connectivity index (χ1) is 9.95. The van der Waals surface area contributed by atoms with Crippen molar-refractivity contribution < 1.29 is 9.13 Å². The number of hydrogen-bond acceptors (Lipinski definition) is 3. The normalized spacial score (nSPS) is 11.0. The largest absolute Gasteiger partial charge is 0.439 e.